The van der Waals surface area contributed by atoms with Crippen LogP contribution in [0.5, 0.6) is 5.75 Å². The number of phenolic OH excluding ortho intramolecular Hbond substituents is 1. The Kier molecular flexibility index (Phi) is 8.54. The van der Waals surface area contributed by atoms with E-state index < -0.39 is 34.0 Å². The minimum absolute atomic E-state index is 0.0127. The number of nitro benzene ring substituents is 1. The van der Waals surface area contributed by atoms with E-state index >= 15 is 0 Å². The number of nitrogens with one attached hydrogen (secondary N) is 2. The van der Waals surface area contributed by atoms with Crippen molar-refractivity contribution in [1.29, 1.82) is 0 Å². The van der Waals surface area contributed by atoms with Crippen molar-refractivity contribution in [2.45, 2.75) is 0 Å². The molecule has 3 rings (SSSR count). The standard InChI is InChI=1S/C25H21ClFN5O5/c1-31(2)20-8-6-15(7-9-20)10-21(29-24(34)16-4-3-5-19(27)12-16)25(35)30-28-14-17-11-18(26)13-22(23(17)33)32(36)37/h3-14,33H,1-2H3,(H,29,34)(H,30,35)/b21-10?,28-14+. The average molecular weight is 526 g/mol. The Morgan fingerprint density at radius 3 is 2.46 bits per heavy atom. The van der Waals surface area contributed by atoms with Crippen molar-refractivity contribution in [3.05, 3.63) is 104 Å². The number of nitro groups is 1. The first kappa shape index (κ1) is 26.8. The van der Waals surface area contributed by atoms with Crippen LogP contribution in [0.25, 0.3) is 6.08 Å². The van der Waals surface area contributed by atoms with Gasteiger partial charge in [0.05, 0.1) is 11.1 Å². The summed E-state index contributed by atoms with van der Waals surface area (Å²) in [5.41, 5.74) is 2.68. The number of halogens is 2. The number of hydrazone groups is 1. The number of hydrogen-bond acceptors (Lipinski definition) is 7. The van der Waals surface area contributed by atoms with Gasteiger partial charge in [-0.3, -0.25) is 19.7 Å². The van der Waals surface area contributed by atoms with Crippen molar-refractivity contribution >= 4 is 47.1 Å². The normalized spacial score (nSPS) is 11.3. The summed E-state index contributed by atoms with van der Waals surface area (Å²) in [5.74, 6) is -2.91. The maximum Gasteiger partial charge on any atom is 0.312 e. The van der Waals surface area contributed by atoms with Crippen molar-refractivity contribution in [2.75, 3.05) is 19.0 Å². The number of aromatic hydroxyl groups is 1. The Balaban J connectivity index is 1.88. The molecule has 0 aliphatic rings. The number of nitrogens with zero attached hydrogens (tertiary/aromatic N) is 3. The molecule has 0 bridgehead atoms. The van der Waals surface area contributed by atoms with Crippen LogP contribution >= 0.6 is 11.6 Å². The summed E-state index contributed by atoms with van der Waals surface area (Å²) in [5, 5.41) is 27.3. The SMILES string of the molecule is CN(C)c1ccc(C=C(NC(=O)c2cccc(F)c2)C(=O)N/N=C/c2cc(Cl)cc([N+](=O)[O-])c2O)cc1. The van der Waals surface area contributed by atoms with E-state index in [2.05, 4.69) is 15.8 Å². The maximum absolute atomic E-state index is 13.6. The summed E-state index contributed by atoms with van der Waals surface area (Å²) < 4.78 is 13.6. The van der Waals surface area contributed by atoms with Crippen LogP contribution in [0.3, 0.4) is 0 Å². The second-order valence-corrected chi connectivity index (χ2v) is 8.26. The van der Waals surface area contributed by atoms with E-state index in [4.69, 9.17) is 11.6 Å². The second kappa shape index (κ2) is 11.8. The van der Waals surface area contributed by atoms with Gasteiger partial charge in [0.1, 0.15) is 11.5 Å². The monoisotopic (exact) mass is 525 g/mol. The highest BCUT2D eigenvalue weighted by Gasteiger charge is 2.18. The van der Waals surface area contributed by atoms with Crippen molar-refractivity contribution in [1.82, 2.24) is 10.7 Å². The number of carbonyl (C=O) groups excluding carboxylic acids is 2. The van der Waals surface area contributed by atoms with Crippen molar-refractivity contribution in [3.63, 3.8) is 0 Å². The van der Waals surface area contributed by atoms with Gasteiger partial charge in [-0.2, -0.15) is 5.10 Å². The highest BCUT2D eigenvalue weighted by atomic mass is 35.5. The molecule has 0 spiro atoms. The van der Waals surface area contributed by atoms with Gasteiger partial charge in [-0.15, -0.1) is 0 Å². The van der Waals surface area contributed by atoms with Crippen LogP contribution in [0, 0.1) is 15.9 Å². The molecule has 10 nitrogen and oxygen atoms in total. The Hall–Kier alpha value is -4.77. The van der Waals surface area contributed by atoms with Crippen LogP contribution in [-0.4, -0.2) is 42.2 Å². The molecule has 0 aliphatic heterocycles. The van der Waals surface area contributed by atoms with Gasteiger partial charge in [0, 0.05) is 42.0 Å². The summed E-state index contributed by atoms with van der Waals surface area (Å²) in [6.45, 7) is 0. The highest BCUT2D eigenvalue weighted by Crippen LogP contribution is 2.32. The predicted molar refractivity (Wildman–Crippen MR) is 138 cm³/mol. The second-order valence-electron chi connectivity index (χ2n) is 7.83. The third kappa shape index (κ3) is 7.12. The smallest absolute Gasteiger partial charge is 0.312 e. The lowest BCUT2D eigenvalue weighted by molar-refractivity contribution is -0.385. The third-order valence-corrected chi connectivity index (χ3v) is 5.17. The highest BCUT2D eigenvalue weighted by molar-refractivity contribution is 6.31. The van der Waals surface area contributed by atoms with Crippen LogP contribution in [0.1, 0.15) is 21.5 Å². The molecule has 190 valence electrons. The topological polar surface area (TPSA) is 137 Å². The molecule has 0 heterocycles. The molecule has 0 aliphatic carbocycles. The van der Waals surface area contributed by atoms with Crippen molar-refractivity contribution < 1.29 is 24.0 Å². The van der Waals surface area contributed by atoms with E-state index in [1.165, 1.54) is 30.3 Å². The Morgan fingerprint density at radius 2 is 1.84 bits per heavy atom. The lowest BCUT2D eigenvalue weighted by atomic mass is 10.1. The first-order chi connectivity index (χ1) is 17.5. The van der Waals surface area contributed by atoms with E-state index in [0.717, 1.165) is 24.0 Å². The van der Waals surface area contributed by atoms with E-state index in [1.54, 1.807) is 12.1 Å². The molecule has 0 radical (unpaired) electrons. The van der Waals surface area contributed by atoms with Crippen LogP contribution in [0.2, 0.25) is 5.02 Å². The zero-order valence-corrected chi connectivity index (χ0v) is 20.4. The van der Waals surface area contributed by atoms with Gasteiger partial charge in [-0.25, -0.2) is 9.82 Å². The number of hydrogen-bond donors (Lipinski definition) is 3. The quantitative estimate of drug-likeness (QED) is 0.175. The zero-order valence-electron chi connectivity index (χ0n) is 19.6. The first-order valence-corrected chi connectivity index (χ1v) is 11.0. The van der Waals surface area contributed by atoms with Crippen LogP contribution in [-0.2, 0) is 4.79 Å². The number of rotatable bonds is 8. The molecule has 3 aromatic carbocycles. The van der Waals surface area contributed by atoms with Gasteiger partial charge in [-0.1, -0.05) is 29.8 Å². The molecule has 0 saturated heterocycles. The molecule has 3 N–H and O–H groups in total. The fourth-order valence-electron chi connectivity index (χ4n) is 3.08. The summed E-state index contributed by atoms with van der Waals surface area (Å²) in [6, 6.07) is 14.2. The van der Waals surface area contributed by atoms with Gasteiger partial charge in [-0.05, 0) is 48.0 Å². The maximum atomic E-state index is 13.6. The Morgan fingerprint density at radius 1 is 1.14 bits per heavy atom. The fraction of sp³-hybridized carbons (Fsp3) is 0.0800. The van der Waals surface area contributed by atoms with E-state index in [-0.39, 0.29) is 21.8 Å². The predicted octanol–water partition coefficient (Wildman–Crippen LogP) is 4.08. The molecular formula is C25H21ClFN5O5. The molecule has 3 aromatic rings. The minimum Gasteiger partial charge on any atom is -0.502 e. The van der Waals surface area contributed by atoms with Gasteiger partial charge in [0.2, 0.25) is 5.75 Å². The molecule has 0 saturated carbocycles. The molecular weight excluding hydrogens is 505 g/mol. The van der Waals surface area contributed by atoms with Gasteiger partial charge in [0.25, 0.3) is 11.8 Å². The lowest BCUT2D eigenvalue weighted by Crippen LogP contribution is -2.32. The summed E-state index contributed by atoms with van der Waals surface area (Å²) in [6.07, 6.45) is 2.35. The molecule has 12 heteroatoms. The molecule has 0 atom stereocenters. The molecule has 0 fully saturated rings. The number of amides is 2. The van der Waals surface area contributed by atoms with E-state index in [9.17, 15) is 29.2 Å². The summed E-state index contributed by atoms with van der Waals surface area (Å²) >= 11 is 5.85. The molecule has 0 aromatic heterocycles. The van der Waals surface area contributed by atoms with Gasteiger partial charge >= 0.3 is 5.69 Å². The molecule has 2 amide bonds. The minimum atomic E-state index is -0.853. The van der Waals surface area contributed by atoms with Crippen molar-refractivity contribution in [2.24, 2.45) is 5.10 Å². The average Bonchev–Trinajstić information content (AvgIpc) is 2.85. The lowest BCUT2D eigenvalue weighted by Gasteiger charge is -2.12. The summed E-state index contributed by atoms with van der Waals surface area (Å²) in [7, 11) is 3.74. The fourth-order valence-corrected chi connectivity index (χ4v) is 3.30. The number of anilines is 1. The Bertz CT molecular complexity index is 1410. The van der Waals surface area contributed by atoms with Crippen LogP contribution < -0.4 is 15.6 Å². The first-order valence-electron chi connectivity index (χ1n) is 10.6. The Labute approximate surface area is 215 Å². The van der Waals surface area contributed by atoms with E-state index in [1.807, 2.05) is 31.1 Å². The van der Waals surface area contributed by atoms with Gasteiger partial charge in [0.15, 0.2) is 0 Å². The van der Waals surface area contributed by atoms with Crippen molar-refractivity contribution in [3.8, 4) is 5.75 Å². The number of phenols is 1. The largest absolute Gasteiger partial charge is 0.502 e. The third-order valence-electron chi connectivity index (χ3n) is 4.95. The zero-order chi connectivity index (χ0) is 27.1. The summed E-state index contributed by atoms with van der Waals surface area (Å²) in [4.78, 5) is 37.7. The van der Waals surface area contributed by atoms with Crippen LogP contribution in [0.4, 0.5) is 15.8 Å². The number of benzene rings is 3. The molecule has 0 unspecified atom stereocenters. The van der Waals surface area contributed by atoms with E-state index in [0.29, 0.717) is 5.56 Å². The molecule has 37 heavy (non-hydrogen) atoms. The number of carbonyl (C=O) groups is 2. The van der Waals surface area contributed by atoms with Gasteiger partial charge < -0.3 is 15.3 Å². The van der Waals surface area contributed by atoms with Crippen LogP contribution in [0.15, 0.2) is 71.5 Å².